The summed E-state index contributed by atoms with van der Waals surface area (Å²) in [4.78, 5) is 7.94. The lowest BCUT2D eigenvalue weighted by Gasteiger charge is -2.07. The molecular weight excluding hydrogens is 264 g/mol. The van der Waals surface area contributed by atoms with Gasteiger partial charge in [-0.2, -0.15) is 11.8 Å². The molecule has 0 bridgehead atoms. The molecule has 3 N–H and O–H groups in total. The molecule has 0 saturated heterocycles. The van der Waals surface area contributed by atoms with Crippen molar-refractivity contribution in [2.24, 2.45) is 0 Å². The summed E-state index contributed by atoms with van der Waals surface area (Å²) in [7, 11) is 0. The lowest BCUT2D eigenvalue weighted by atomic mass is 10.4. The first-order valence-electron chi connectivity index (χ1n) is 4.24. The number of anilines is 2. The van der Waals surface area contributed by atoms with E-state index in [1.807, 2.05) is 11.8 Å². The Kier molecular flexibility index (Phi) is 5.03. The van der Waals surface area contributed by atoms with Crippen LogP contribution in [-0.2, 0) is 0 Å². The van der Waals surface area contributed by atoms with E-state index in [-0.39, 0.29) is 0 Å². The average molecular weight is 277 g/mol. The summed E-state index contributed by atoms with van der Waals surface area (Å²) in [6.07, 6.45) is 4.66. The summed E-state index contributed by atoms with van der Waals surface area (Å²) in [5.41, 5.74) is 5.61. The molecule has 0 aliphatic carbocycles. The Balaban J connectivity index is 2.46. The van der Waals surface area contributed by atoms with Crippen LogP contribution in [0.3, 0.4) is 0 Å². The molecule has 4 nitrogen and oxygen atoms in total. The molecule has 1 heterocycles. The number of nitrogens with one attached hydrogen (secondary N) is 1. The zero-order valence-electron chi connectivity index (χ0n) is 7.96. The van der Waals surface area contributed by atoms with Crippen LogP contribution in [0, 0.1) is 0 Å². The number of nitrogens with zero attached hydrogens (tertiary/aromatic N) is 2. The van der Waals surface area contributed by atoms with E-state index in [2.05, 4.69) is 37.5 Å². The van der Waals surface area contributed by atoms with Gasteiger partial charge in [-0.1, -0.05) is 0 Å². The Morgan fingerprint density at radius 3 is 3.07 bits per heavy atom. The van der Waals surface area contributed by atoms with Crippen LogP contribution in [0.25, 0.3) is 0 Å². The lowest BCUT2D eigenvalue weighted by molar-refractivity contribution is 0.974. The maximum Gasteiger partial charge on any atom is 0.145 e. The second-order valence-electron chi connectivity index (χ2n) is 2.69. The first kappa shape index (κ1) is 11.6. The fraction of sp³-hybridized carbons (Fsp3) is 0.500. The number of hydrogen-bond acceptors (Lipinski definition) is 5. The topological polar surface area (TPSA) is 63.8 Å². The van der Waals surface area contributed by atoms with Crippen molar-refractivity contribution in [2.45, 2.75) is 6.42 Å². The third-order valence-electron chi connectivity index (χ3n) is 1.63. The van der Waals surface area contributed by atoms with Gasteiger partial charge in [0.1, 0.15) is 22.4 Å². The van der Waals surface area contributed by atoms with Gasteiger partial charge < -0.3 is 11.1 Å². The largest absolute Gasteiger partial charge is 0.383 e. The van der Waals surface area contributed by atoms with Crippen LogP contribution in [0.4, 0.5) is 11.6 Å². The summed E-state index contributed by atoms with van der Waals surface area (Å²) in [6, 6.07) is 0. The number of thioether (sulfide) groups is 1. The highest BCUT2D eigenvalue weighted by atomic mass is 79.9. The zero-order chi connectivity index (χ0) is 10.4. The van der Waals surface area contributed by atoms with Crippen LogP contribution in [0.1, 0.15) is 6.42 Å². The molecule has 0 spiro atoms. The number of nitrogens with two attached hydrogens (primary N) is 1. The van der Waals surface area contributed by atoms with Gasteiger partial charge in [0, 0.05) is 6.54 Å². The van der Waals surface area contributed by atoms with Crippen molar-refractivity contribution < 1.29 is 0 Å². The van der Waals surface area contributed by atoms with Crippen LogP contribution >= 0.6 is 27.7 Å². The van der Waals surface area contributed by atoms with E-state index in [9.17, 15) is 0 Å². The van der Waals surface area contributed by atoms with Gasteiger partial charge in [-0.25, -0.2) is 9.97 Å². The monoisotopic (exact) mass is 276 g/mol. The van der Waals surface area contributed by atoms with Gasteiger partial charge in [-0.05, 0) is 34.4 Å². The van der Waals surface area contributed by atoms with Crippen LogP contribution in [0.15, 0.2) is 10.8 Å². The predicted octanol–water partition coefficient (Wildman–Crippen LogP) is 1.99. The van der Waals surface area contributed by atoms with E-state index in [4.69, 9.17) is 5.73 Å². The molecule has 78 valence electrons. The minimum atomic E-state index is 0.465. The molecule has 0 aromatic carbocycles. The van der Waals surface area contributed by atoms with Crippen molar-refractivity contribution >= 4 is 39.3 Å². The SMILES string of the molecule is CSCCCNc1ncnc(N)c1Br. The fourth-order valence-electron chi connectivity index (χ4n) is 0.930. The molecule has 6 heteroatoms. The van der Waals surface area contributed by atoms with Gasteiger partial charge in [-0.15, -0.1) is 0 Å². The Morgan fingerprint density at radius 2 is 2.36 bits per heavy atom. The first-order valence-corrected chi connectivity index (χ1v) is 6.43. The molecule has 0 saturated carbocycles. The number of aromatic nitrogens is 2. The summed E-state index contributed by atoms with van der Waals surface area (Å²) in [6.45, 7) is 0.899. The maximum absolute atomic E-state index is 5.61. The number of rotatable bonds is 5. The highest BCUT2D eigenvalue weighted by molar-refractivity contribution is 9.10. The van der Waals surface area contributed by atoms with E-state index in [1.165, 1.54) is 6.33 Å². The molecule has 0 amide bonds. The Bertz CT molecular complexity index is 295. The summed E-state index contributed by atoms with van der Waals surface area (Å²) in [5.74, 6) is 2.37. The van der Waals surface area contributed by atoms with Crippen molar-refractivity contribution in [1.82, 2.24) is 9.97 Å². The van der Waals surface area contributed by atoms with E-state index >= 15 is 0 Å². The molecule has 0 fully saturated rings. The first-order chi connectivity index (χ1) is 6.75. The van der Waals surface area contributed by atoms with E-state index < -0.39 is 0 Å². The Morgan fingerprint density at radius 1 is 1.57 bits per heavy atom. The molecule has 0 unspecified atom stereocenters. The van der Waals surface area contributed by atoms with Crippen LogP contribution in [0.5, 0.6) is 0 Å². The molecule has 1 aromatic rings. The Hall–Kier alpha value is -0.490. The van der Waals surface area contributed by atoms with Crippen molar-refractivity contribution in [2.75, 3.05) is 29.6 Å². The Labute approximate surface area is 96.2 Å². The standard InChI is InChI=1S/C8H13BrN4S/c1-14-4-2-3-11-8-6(9)7(10)12-5-13-8/h5H,2-4H2,1H3,(H3,10,11,12,13). The van der Waals surface area contributed by atoms with E-state index in [1.54, 1.807) is 0 Å². The lowest BCUT2D eigenvalue weighted by Crippen LogP contribution is -2.06. The van der Waals surface area contributed by atoms with Crippen LogP contribution in [-0.4, -0.2) is 28.5 Å². The molecule has 14 heavy (non-hydrogen) atoms. The van der Waals surface area contributed by atoms with Gasteiger partial charge in [-0.3, -0.25) is 0 Å². The average Bonchev–Trinajstić information content (AvgIpc) is 2.19. The molecule has 0 aliphatic heterocycles. The minimum absolute atomic E-state index is 0.465. The van der Waals surface area contributed by atoms with Gasteiger partial charge >= 0.3 is 0 Å². The van der Waals surface area contributed by atoms with Gasteiger partial charge in [0.2, 0.25) is 0 Å². The molecular formula is C8H13BrN4S. The maximum atomic E-state index is 5.61. The van der Waals surface area contributed by atoms with Gasteiger partial charge in [0.05, 0.1) is 0 Å². The van der Waals surface area contributed by atoms with Gasteiger partial charge in [0.15, 0.2) is 0 Å². The second-order valence-corrected chi connectivity index (χ2v) is 4.47. The van der Waals surface area contributed by atoms with Gasteiger partial charge in [0.25, 0.3) is 0 Å². The highest BCUT2D eigenvalue weighted by Gasteiger charge is 2.03. The number of halogens is 1. The fourth-order valence-corrected chi connectivity index (χ4v) is 1.71. The second kappa shape index (κ2) is 6.08. The molecule has 0 aliphatic rings. The summed E-state index contributed by atoms with van der Waals surface area (Å²) < 4.78 is 0.740. The van der Waals surface area contributed by atoms with Crippen LogP contribution < -0.4 is 11.1 Å². The number of nitrogen functional groups attached to an aromatic ring is 1. The normalized spacial score (nSPS) is 10.1. The summed E-state index contributed by atoms with van der Waals surface area (Å²) in [5, 5.41) is 3.20. The third-order valence-corrected chi connectivity index (χ3v) is 3.11. The molecule has 0 atom stereocenters. The minimum Gasteiger partial charge on any atom is -0.383 e. The van der Waals surface area contributed by atoms with E-state index in [0.29, 0.717) is 5.82 Å². The van der Waals surface area contributed by atoms with Crippen molar-refractivity contribution in [3.05, 3.63) is 10.8 Å². The third kappa shape index (κ3) is 3.34. The smallest absolute Gasteiger partial charge is 0.145 e. The summed E-state index contributed by atoms with van der Waals surface area (Å²) >= 11 is 5.17. The molecule has 1 rings (SSSR count). The number of hydrogen-bond donors (Lipinski definition) is 2. The highest BCUT2D eigenvalue weighted by Crippen LogP contribution is 2.23. The van der Waals surface area contributed by atoms with E-state index in [0.717, 1.165) is 29.0 Å². The molecule has 0 radical (unpaired) electrons. The van der Waals surface area contributed by atoms with Crippen molar-refractivity contribution in [1.29, 1.82) is 0 Å². The van der Waals surface area contributed by atoms with Crippen LogP contribution in [0.2, 0.25) is 0 Å². The van der Waals surface area contributed by atoms with Crippen molar-refractivity contribution in [3.63, 3.8) is 0 Å². The zero-order valence-corrected chi connectivity index (χ0v) is 10.4. The van der Waals surface area contributed by atoms with Crippen molar-refractivity contribution in [3.8, 4) is 0 Å². The quantitative estimate of drug-likeness (QED) is 0.806. The predicted molar refractivity (Wildman–Crippen MR) is 65.6 cm³/mol. The molecule has 1 aromatic heterocycles.